The maximum absolute atomic E-state index is 15.3. The van der Waals surface area contributed by atoms with Gasteiger partial charge in [-0.15, -0.1) is 11.8 Å². The summed E-state index contributed by atoms with van der Waals surface area (Å²) in [5.74, 6) is 1.09. The fraction of sp³-hybridized carbons (Fsp3) is 0.387. The number of halogens is 1. The SMILES string of the molecule is Cc1cc(OCCCS(C)(=O)=O)cc(C)c1-c1ccc(F)c2c1CCC2Oc1ccc2c(c1)SC[C@H]2CC(=O)O. The molecule has 1 aliphatic heterocycles. The van der Waals surface area contributed by atoms with Crippen molar-refractivity contribution in [1.29, 1.82) is 0 Å². The molecular weight excluding hydrogens is 551 g/mol. The molecule has 0 amide bonds. The van der Waals surface area contributed by atoms with Crippen LogP contribution < -0.4 is 9.47 Å². The summed E-state index contributed by atoms with van der Waals surface area (Å²) < 4.78 is 50.2. The molecule has 40 heavy (non-hydrogen) atoms. The third-order valence-electron chi connectivity index (χ3n) is 7.55. The average molecular weight is 585 g/mol. The van der Waals surface area contributed by atoms with Gasteiger partial charge in [-0.2, -0.15) is 0 Å². The lowest BCUT2D eigenvalue weighted by molar-refractivity contribution is -0.137. The van der Waals surface area contributed by atoms with Crippen LogP contribution in [0.4, 0.5) is 4.39 Å². The van der Waals surface area contributed by atoms with Crippen molar-refractivity contribution in [2.24, 2.45) is 0 Å². The van der Waals surface area contributed by atoms with Crippen molar-refractivity contribution in [3.8, 4) is 22.6 Å². The standard InChI is InChI=1S/C31H33FO6S2/c1-18-13-22(37-11-4-12-40(3,35)36)14-19(2)30(18)24-7-9-26(32)31-25(24)8-10-27(31)38-21-5-6-23-20(15-29(33)34)17-39-28(23)16-21/h5-7,9,13-14,16,20,27H,4,8,10-12,15,17H2,1-3H3,(H,33,34)/t20-,27?/m1/s1. The topological polar surface area (TPSA) is 89.9 Å². The molecule has 1 aliphatic carbocycles. The number of benzene rings is 3. The molecule has 1 heterocycles. The molecule has 5 rings (SSSR count). The van der Waals surface area contributed by atoms with Crippen molar-refractivity contribution in [3.63, 3.8) is 0 Å². The number of hydrogen-bond acceptors (Lipinski definition) is 6. The fourth-order valence-corrected chi connectivity index (χ4v) is 7.76. The number of rotatable bonds is 10. The highest BCUT2D eigenvalue weighted by atomic mass is 32.2. The van der Waals surface area contributed by atoms with Crippen LogP contribution in [0.25, 0.3) is 11.1 Å². The molecule has 1 N–H and O–H groups in total. The number of aliphatic carboxylic acids is 1. The summed E-state index contributed by atoms with van der Waals surface area (Å²) in [5, 5.41) is 9.19. The van der Waals surface area contributed by atoms with Crippen LogP contribution in [0.15, 0.2) is 47.4 Å². The van der Waals surface area contributed by atoms with Gasteiger partial charge >= 0.3 is 5.97 Å². The Morgan fingerprint density at radius 2 is 1.85 bits per heavy atom. The smallest absolute Gasteiger partial charge is 0.303 e. The summed E-state index contributed by atoms with van der Waals surface area (Å²) in [4.78, 5) is 12.2. The van der Waals surface area contributed by atoms with Crippen molar-refractivity contribution >= 4 is 27.6 Å². The summed E-state index contributed by atoms with van der Waals surface area (Å²) in [6, 6.07) is 13.0. The first kappa shape index (κ1) is 28.5. The summed E-state index contributed by atoms with van der Waals surface area (Å²) >= 11 is 1.64. The van der Waals surface area contributed by atoms with E-state index in [0.29, 0.717) is 42.9 Å². The van der Waals surface area contributed by atoms with E-state index in [-0.39, 0.29) is 23.9 Å². The summed E-state index contributed by atoms with van der Waals surface area (Å²) in [5.41, 5.74) is 6.62. The van der Waals surface area contributed by atoms with E-state index in [1.165, 1.54) is 12.3 Å². The second kappa shape index (κ2) is 11.4. The molecule has 0 fully saturated rings. The number of hydrogen-bond donors (Lipinski definition) is 1. The van der Waals surface area contributed by atoms with Crippen LogP contribution in [0, 0.1) is 19.7 Å². The van der Waals surface area contributed by atoms with E-state index in [9.17, 15) is 18.3 Å². The monoisotopic (exact) mass is 584 g/mol. The maximum Gasteiger partial charge on any atom is 0.303 e. The minimum atomic E-state index is -3.02. The van der Waals surface area contributed by atoms with Gasteiger partial charge in [-0.1, -0.05) is 12.1 Å². The number of carboxylic acid groups (broad SMARTS) is 1. The van der Waals surface area contributed by atoms with Crippen LogP contribution in [0.2, 0.25) is 0 Å². The molecule has 2 aliphatic rings. The number of carboxylic acids is 1. The molecule has 0 aromatic heterocycles. The molecule has 9 heteroatoms. The first-order chi connectivity index (χ1) is 19.0. The van der Waals surface area contributed by atoms with Crippen LogP contribution in [-0.4, -0.2) is 43.9 Å². The van der Waals surface area contributed by atoms with Crippen molar-refractivity contribution < 1.29 is 32.2 Å². The summed E-state index contributed by atoms with van der Waals surface area (Å²) in [6.45, 7) is 4.33. The molecule has 0 radical (unpaired) electrons. The largest absolute Gasteiger partial charge is 0.494 e. The van der Waals surface area contributed by atoms with Gasteiger partial charge in [0.2, 0.25) is 0 Å². The van der Waals surface area contributed by atoms with Crippen molar-refractivity contribution in [3.05, 3.63) is 76.1 Å². The second-order valence-corrected chi connectivity index (χ2v) is 14.0. The van der Waals surface area contributed by atoms with E-state index in [1.54, 1.807) is 11.8 Å². The van der Waals surface area contributed by atoms with E-state index < -0.39 is 21.9 Å². The zero-order valence-electron chi connectivity index (χ0n) is 22.8. The predicted molar refractivity (Wildman–Crippen MR) is 155 cm³/mol. The molecular formula is C31H33FO6S2. The first-order valence-electron chi connectivity index (χ1n) is 13.4. The average Bonchev–Trinajstić information content (AvgIpc) is 3.47. The molecule has 212 valence electrons. The lowest BCUT2D eigenvalue weighted by Gasteiger charge is -2.19. The van der Waals surface area contributed by atoms with E-state index in [0.717, 1.165) is 44.0 Å². The molecule has 3 aromatic rings. The molecule has 0 spiro atoms. The molecule has 6 nitrogen and oxygen atoms in total. The highest BCUT2D eigenvalue weighted by Crippen LogP contribution is 2.46. The summed E-state index contributed by atoms with van der Waals surface area (Å²) in [7, 11) is -3.02. The van der Waals surface area contributed by atoms with Crippen molar-refractivity contribution in [2.45, 2.75) is 56.4 Å². The molecule has 0 saturated carbocycles. The normalized spacial score (nSPS) is 17.9. The van der Waals surface area contributed by atoms with Gasteiger partial charge in [0.15, 0.2) is 0 Å². The van der Waals surface area contributed by atoms with Gasteiger partial charge in [0.05, 0.1) is 18.8 Å². The Kier molecular flexibility index (Phi) is 8.15. The third kappa shape index (κ3) is 6.15. The number of fused-ring (bicyclic) bond motifs is 2. The van der Waals surface area contributed by atoms with E-state index in [4.69, 9.17) is 9.47 Å². The zero-order chi connectivity index (χ0) is 28.6. The van der Waals surface area contributed by atoms with Gasteiger partial charge < -0.3 is 14.6 Å². The molecule has 1 unspecified atom stereocenters. The maximum atomic E-state index is 15.3. The van der Waals surface area contributed by atoms with Gasteiger partial charge in [0.25, 0.3) is 0 Å². The van der Waals surface area contributed by atoms with E-state index in [1.807, 2.05) is 50.2 Å². The van der Waals surface area contributed by atoms with Gasteiger partial charge in [-0.05, 0) is 96.8 Å². The first-order valence-corrected chi connectivity index (χ1v) is 16.4. The Balaban J connectivity index is 1.36. The molecule has 3 aromatic carbocycles. The fourth-order valence-electron chi connectivity index (χ4n) is 5.84. The van der Waals surface area contributed by atoms with Crippen LogP contribution in [0.5, 0.6) is 11.5 Å². The highest BCUT2D eigenvalue weighted by Gasteiger charge is 2.32. The number of thioether (sulfide) groups is 1. The summed E-state index contributed by atoms with van der Waals surface area (Å²) in [6.07, 6.45) is 2.70. The minimum absolute atomic E-state index is 0.00508. The number of carbonyl (C=O) groups is 1. The number of aryl methyl sites for hydroxylation is 2. The van der Waals surface area contributed by atoms with Crippen LogP contribution in [0.3, 0.4) is 0 Å². The van der Waals surface area contributed by atoms with E-state index in [2.05, 4.69) is 0 Å². The van der Waals surface area contributed by atoms with Crippen LogP contribution in [-0.2, 0) is 21.1 Å². The minimum Gasteiger partial charge on any atom is -0.494 e. The Bertz CT molecular complexity index is 1540. The van der Waals surface area contributed by atoms with E-state index >= 15 is 4.39 Å². The zero-order valence-corrected chi connectivity index (χ0v) is 24.5. The van der Waals surface area contributed by atoms with Gasteiger partial charge in [0, 0.05) is 28.4 Å². The van der Waals surface area contributed by atoms with Crippen LogP contribution >= 0.6 is 11.8 Å². The van der Waals surface area contributed by atoms with Crippen molar-refractivity contribution in [1.82, 2.24) is 0 Å². The Morgan fingerprint density at radius 3 is 2.55 bits per heavy atom. The Hall–Kier alpha value is -3.04. The number of sulfone groups is 1. The van der Waals surface area contributed by atoms with Gasteiger partial charge in [0.1, 0.15) is 33.3 Å². The number of ether oxygens (including phenoxy) is 2. The van der Waals surface area contributed by atoms with Gasteiger partial charge in [-0.3, -0.25) is 4.79 Å². The quantitative estimate of drug-likeness (QED) is 0.267. The third-order valence-corrected chi connectivity index (χ3v) is 9.81. The highest BCUT2D eigenvalue weighted by molar-refractivity contribution is 7.99. The lowest BCUT2D eigenvalue weighted by atomic mass is 9.90. The molecule has 0 bridgehead atoms. The molecule has 0 saturated heterocycles. The molecule has 2 atom stereocenters. The lowest BCUT2D eigenvalue weighted by Crippen LogP contribution is -2.08. The Labute approximate surface area is 238 Å². The predicted octanol–water partition coefficient (Wildman–Crippen LogP) is 6.65. The van der Waals surface area contributed by atoms with Gasteiger partial charge in [-0.25, -0.2) is 12.8 Å². The van der Waals surface area contributed by atoms with Crippen LogP contribution in [0.1, 0.15) is 59.1 Å². The Morgan fingerprint density at radius 1 is 1.10 bits per heavy atom. The van der Waals surface area contributed by atoms with Crippen molar-refractivity contribution in [2.75, 3.05) is 24.4 Å². The second-order valence-electron chi connectivity index (χ2n) is 10.7.